The molecule has 2 rings (SSSR count). The number of hydrogen-bond donors (Lipinski definition) is 2. The molecule has 0 spiro atoms. The maximum Gasteiger partial charge on any atom is 0.242 e. The van der Waals surface area contributed by atoms with Gasteiger partial charge in [0.25, 0.3) is 0 Å². The van der Waals surface area contributed by atoms with Crippen LogP contribution in [0.15, 0.2) is 23.1 Å². The Labute approximate surface area is 123 Å². The standard InChI is InChI=1S/C13H15ClN2O3S/c14-11-6-9(7-15)4-5-13(11)20(18,19)16-12-3-1-2-10(12)8-17/h4-6,10,12,16-17H,1-3,8H2. The lowest BCUT2D eigenvalue weighted by Crippen LogP contribution is -2.38. The molecule has 0 aliphatic heterocycles. The lowest BCUT2D eigenvalue weighted by atomic mass is 10.1. The van der Waals surface area contributed by atoms with E-state index in [1.807, 2.05) is 6.07 Å². The number of hydrogen-bond acceptors (Lipinski definition) is 4. The number of aliphatic hydroxyl groups excluding tert-OH is 1. The largest absolute Gasteiger partial charge is 0.396 e. The van der Waals surface area contributed by atoms with E-state index in [4.69, 9.17) is 16.9 Å². The number of rotatable bonds is 4. The van der Waals surface area contributed by atoms with Crippen molar-refractivity contribution in [3.05, 3.63) is 28.8 Å². The number of nitriles is 1. The second-order valence-electron chi connectivity index (χ2n) is 4.86. The minimum Gasteiger partial charge on any atom is -0.396 e. The van der Waals surface area contributed by atoms with Gasteiger partial charge in [0, 0.05) is 12.6 Å². The first-order chi connectivity index (χ1) is 9.47. The SMILES string of the molecule is N#Cc1ccc(S(=O)(=O)NC2CCCC2CO)c(Cl)c1. The third-order valence-corrected chi connectivity index (χ3v) is 5.52. The third-order valence-electron chi connectivity index (χ3n) is 3.55. The number of aliphatic hydroxyl groups is 1. The van der Waals surface area contributed by atoms with E-state index in [0.717, 1.165) is 12.8 Å². The van der Waals surface area contributed by atoms with Crippen LogP contribution in [0.4, 0.5) is 0 Å². The van der Waals surface area contributed by atoms with Crippen molar-refractivity contribution in [3.63, 3.8) is 0 Å². The summed E-state index contributed by atoms with van der Waals surface area (Å²) in [5.74, 6) is -0.0538. The predicted molar refractivity (Wildman–Crippen MR) is 74.7 cm³/mol. The van der Waals surface area contributed by atoms with Crippen molar-refractivity contribution in [1.82, 2.24) is 4.72 Å². The molecule has 7 heteroatoms. The van der Waals surface area contributed by atoms with Gasteiger partial charge >= 0.3 is 0 Å². The average Bonchev–Trinajstić information content (AvgIpc) is 2.84. The molecule has 0 saturated heterocycles. The van der Waals surface area contributed by atoms with Gasteiger partial charge in [-0.25, -0.2) is 13.1 Å². The highest BCUT2D eigenvalue weighted by molar-refractivity contribution is 7.89. The molecule has 0 aromatic heterocycles. The first-order valence-electron chi connectivity index (χ1n) is 6.31. The maximum atomic E-state index is 12.3. The average molecular weight is 315 g/mol. The van der Waals surface area contributed by atoms with Crippen molar-refractivity contribution in [1.29, 1.82) is 5.26 Å². The van der Waals surface area contributed by atoms with E-state index >= 15 is 0 Å². The number of nitrogens with zero attached hydrogens (tertiary/aromatic N) is 1. The first kappa shape index (κ1) is 15.3. The monoisotopic (exact) mass is 314 g/mol. The molecule has 0 heterocycles. The van der Waals surface area contributed by atoms with Crippen molar-refractivity contribution < 1.29 is 13.5 Å². The van der Waals surface area contributed by atoms with Crippen molar-refractivity contribution in [3.8, 4) is 6.07 Å². The second-order valence-corrected chi connectivity index (χ2v) is 6.95. The molecular formula is C13H15ClN2O3S. The maximum absolute atomic E-state index is 12.3. The molecule has 1 fully saturated rings. The zero-order chi connectivity index (χ0) is 14.8. The van der Waals surface area contributed by atoms with E-state index in [2.05, 4.69) is 4.72 Å². The van der Waals surface area contributed by atoms with Gasteiger partial charge in [-0.3, -0.25) is 0 Å². The van der Waals surface area contributed by atoms with Crippen molar-refractivity contribution in [2.45, 2.75) is 30.2 Å². The van der Waals surface area contributed by atoms with Gasteiger partial charge in [0.15, 0.2) is 0 Å². The molecule has 20 heavy (non-hydrogen) atoms. The Morgan fingerprint density at radius 1 is 1.45 bits per heavy atom. The zero-order valence-corrected chi connectivity index (χ0v) is 12.3. The predicted octanol–water partition coefficient (Wildman–Crippen LogP) is 1.65. The van der Waals surface area contributed by atoms with E-state index in [1.54, 1.807) is 0 Å². The van der Waals surface area contributed by atoms with Crippen molar-refractivity contribution in [2.75, 3.05) is 6.61 Å². The molecule has 1 aromatic rings. The lowest BCUT2D eigenvalue weighted by Gasteiger charge is -2.19. The van der Waals surface area contributed by atoms with Gasteiger partial charge in [0.1, 0.15) is 4.90 Å². The van der Waals surface area contributed by atoms with E-state index < -0.39 is 10.0 Å². The molecule has 2 N–H and O–H groups in total. The highest BCUT2D eigenvalue weighted by Gasteiger charge is 2.31. The fourth-order valence-electron chi connectivity index (χ4n) is 2.46. The minimum atomic E-state index is -3.74. The van der Waals surface area contributed by atoms with Crippen LogP contribution < -0.4 is 4.72 Å². The molecule has 0 bridgehead atoms. The third kappa shape index (κ3) is 3.13. The molecule has 1 aliphatic carbocycles. The van der Waals surface area contributed by atoms with E-state index in [1.165, 1.54) is 18.2 Å². The Bertz CT molecular complexity index is 640. The Balaban J connectivity index is 2.25. The number of sulfonamides is 1. The number of benzene rings is 1. The van der Waals surface area contributed by atoms with Gasteiger partial charge in [-0.15, -0.1) is 0 Å². The summed E-state index contributed by atoms with van der Waals surface area (Å²) in [5, 5.41) is 18.0. The first-order valence-corrected chi connectivity index (χ1v) is 8.17. The summed E-state index contributed by atoms with van der Waals surface area (Å²) in [6.45, 7) is -0.0334. The Morgan fingerprint density at radius 3 is 2.80 bits per heavy atom. The van der Waals surface area contributed by atoms with E-state index in [-0.39, 0.29) is 28.5 Å². The van der Waals surface area contributed by atoms with Crippen molar-refractivity contribution >= 4 is 21.6 Å². The smallest absolute Gasteiger partial charge is 0.242 e. The summed E-state index contributed by atoms with van der Waals surface area (Å²) in [4.78, 5) is -0.0400. The molecule has 2 unspecified atom stereocenters. The molecule has 0 radical (unpaired) electrons. The number of nitrogens with one attached hydrogen (secondary N) is 1. The highest BCUT2D eigenvalue weighted by Crippen LogP contribution is 2.28. The molecule has 1 aliphatic rings. The highest BCUT2D eigenvalue weighted by atomic mass is 35.5. The quantitative estimate of drug-likeness (QED) is 0.884. The van der Waals surface area contributed by atoms with Crippen LogP contribution in [0.25, 0.3) is 0 Å². The summed E-state index contributed by atoms with van der Waals surface area (Å²) in [6, 6.07) is 5.70. The molecule has 2 atom stereocenters. The Hall–Kier alpha value is -1.13. The molecule has 5 nitrogen and oxygen atoms in total. The minimum absolute atomic E-state index is 0.0232. The van der Waals surface area contributed by atoms with Gasteiger partial charge < -0.3 is 5.11 Å². The molecule has 108 valence electrons. The summed E-state index contributed by atoms with van der Waals surface area (Å²) in [6.07, 6.45) is 2.41. The van der Waals surface area contributed by atoms with Gasteiger partial charge in [0.2, 0.25) is 10.0 Å². The molecular weight excluding hydrogens is 300 g/mol. The van der Waals surface area contributed by atoms with Gasteiger partial charge in [-0.05, 0) is 37.0 Å². The Kier molecular flexibility index (Phi) is 4.66. The van der Waals surface area contributed by atoms with Crippen LogP contribution in [0.3, 0.4) is 0 Å². The fraction of sp³-hybridized carbons (Fsp3) is 0.462. The van der Waals surface area contributed by atoms with Gasteiger partial charge in [0.05, 0.1) is 16.7 Å². The van der Waals surface area contributed by atoms with E-state index in [0.29, 0.717) is 12.0 Å². The molecule has 1 saturated carbocycles. The fourth-order valence-corrected chi connectivity index (χ4v) is 4.35. The summed E-state index contributed by atoms with van der Waals surface area (Å²) >= 11 is 5.93. The second kappa shape index (κ2) is 6.10. The van der Waals surface area contributed by atoms with Gasteiger partial charge in [-0.1, -0.05) is 18.0 Å². The molecule has 1 aromatic carbocycles. The van der Waals surface area contributed by atoms with Crippen LogP contribution in [-0.4, -0.2) is 26.2 Å². The van der Waals surface area contributed by atoms with Crippen LogP contribution >= 0.6 is 11.6 Å². The summed E-state index contributed by atoms with van der Waals surface area (Å²) in [7, 11) is -3.74. The van der Waals surface area contributed by atoms with E-state index in [9.17, 15) is 13.5 Å². The Morgan fingerprint density at radius 2 is 2.20 bits per heavy atom. The van der Waals surface area contributed by atoms with Crippen LogP contribution in [0.5, 0.6) is 0 Å². The summed E-state index contributed by atoms with van der Waals surface area (Å²) < 4.78 is 27.2. The number of halogens is 1. The van der Waals surface area contributed by atoms with Crippen molar-refractivity contribution in [2.24, 2.45) is 5.92 Å². The lowest BCUT2D eigenvalue weighted by molar-refractivity contribution is 0.213. The van der Waals surface area contributed by atoms with Gasteiger partial charge in [-0.2, -0.15) is 5.26 Å². The van der Waals surface area contributed by atoms with Crippen LogP contribution in [-0.2, 0) is 10.0 Å². The van der Waals surface area contributed by atoms with Crippen LogP contribution in [0.2, 0.25) is 5.02 Å². The molecule has 0 amide bonds. The normalized spacial score (nSPS) is 22.6. The topological polar surface area (TPSA) is 90.2 Å². The van der Waals surface area contributed by atoms with Crippen LogP contribution in [0.1, 0.15) is 24.8 Å². The summed E-state index contributed by atoms with van der Waals surface area (Å²) in [5.41, 5.74) is 0.308. The zero-order valence-electron chi connectivity index (χ0n) is 10.7. The van der Waals surface area contributed by atoms with Crippen LogP contribution in [0, 0.1) is 17.2 Å².